The average Bonchev–Trinajstić information content (AvgIpc) is 3.16. The van der Waals surface area contributed by atoms with E-state index in [1.165, 1.54) is 0 Å². The second-order valence-electron chi connectivity index (χ2n) is 4.90. The Labute approximate surface area is 106 Å². The fraction of sp³-hybridized carbons (Fsp3) is 0.429. The van der Waals surface area contributed by atoms with Crippen LogP contribution in [0.3, 0.4) is 0 Å². The number of nitrogens with one attached hydrogen (secondary N) is 1. The third-order valence-corrected chi connectivity index (χ3v) is 3.69. The minimum Gasteiger partial charge on any atom is -0.355 e. The summed E-state index contributed by atoms with van der Waals surface area (Å²) in [5, 5.41) is 2.65. The first-order chi connectivity index (χ1) is 8.72. The Morgan fingerprint density at radius 2 is 2.11 bits per heavy atom. The summed E-state index contributed by atoms with van der Waals surface area (Å²) in [4.78, 5) is 25.8. The first kappa shape index (κ1) is 11.3. The molecule has 1 aliphatic heterocycles. The first-order valence-corrected chi connectivity index (χ1v) is 6.37. The Morgan fingerprint density at radius 1 is 1.33 bits per heavy atom. The van der Waals surface area contributed by atoms with Gasteiger partial charge in [-0.15, -0.1) is 0 Å². The number of nitrogens with zero attached hydrogens (tertiary/aromatic N) is 1. The Bertz CT molecular complexity index is 521. The number of hydrogen-bond acceptors (Lipinski definition) is 2. The molecule has 1 fully saturated rings. The summed E-state index contributed by atoms with van der Waals surface area (Å²) in [6, 6.07) is 5.61. The highest BCUT2D eigenvalue weighted by Crippen LogP contribution is 2.37. The molecule has 0 bridgehead atoms. The van der Waals surface area contributed by atoms with Crippen LogP contribution in [-0.2, 0) is 11.2 Å². The predicted molar refractivity (Wildman–Crippen MR) is 68.6 cm³/mol. The predicted octanol–water partition coefficient (Wildman–Crippen LogP) is 1.35. The number of fused-ring (bicyclic) bond motifs is 1. The van der Waals surface area contributed by atoms with Crippen molar-refractivity contribution >= 4 is 17.5 Å². The highest BCUT2D eigenvalue weighted by atomic mass is 16.2. The molecule has 0 unspecified atom stereocenters. The van der Waals surface area contributed by atoms with Crippen LogP contribution in [0.4, 0.5) is 5.69 Å². The van der Waals surface area contributed by atoms with Crippen LogP contribution in [0.25, 0.3) is 0 Å². The zero-order valence-corrected chi connectivity index (χ0v) is 10.4. The summed E-state index contributed by atoms with van der Waals surface area (Å²) in [6.07, 6.45) is 2.80. The van der Waals surface area contributed by atoms with E-state index >= 15 is 0 Å². The number of rotatable bonds is 2. The number of amides is 2. The van der Waals surface area contributed by atoms with Gasteiger partial charge in [-0.25, -0.2) is 0 Å². The van der Waals surface area contributed by atoms with Crippen LogP contribution < -0.4 is 10.2 Å². The van der Waals surface area contributed by atoms with Gasteiger partial charge in [0.1, 0.15) is 0 Å². The quantitative estimate of drug-likeness (QED) is 0.853. The summed E-state index contributed by atoms with van der Waals surface area (Å²) >= 11 is 0. The molecule has 94 valence electrons. The Balaban J connectivity index is 1.97. The Hall–Kier alpha value is -1.84. The van der Waals surface area contributed by atoms with Crippen LogP contribution in [0.1, 0.15) is 28.8 Å². The summed E-state index contributed by atoms with van der Waals surface area (Å²) in [6.45, 7) is 0.707. The first-order valence-electron chi connectivity index (χ1n) is 6.37. The average molecular weight is 244 g/mol. The van der Waals surface area contributed by atoms with E-state index in [1.807, 2.05) is 23.1 Å². The lowest BCUT2D eigenvalue weighted by Gasteiger charge is -2.17. The third kappa shape index (κ3) is 1.68. The van der Waals surface area contributed by atoms with Crippen molar-refractivity contribution < 1.29 is 9.59 Å². The number of hydrogen-bond donors (Lipinski definition) is 1. The molecule has 1 heterocycles. The van der Waals surface area contributed by atoms with Crippen molar-refractivity contribution in [1.82, 2.24) is 5.32 Å². The van der Waals surface area contributed by atoms with Gasteiger partial charge in [0, 0.05) is 30.8 Å². The molecule has 0 atom stereocenters. The van der Waals surface area contributed by atoms with E-state index in [-0.39, 0.29) is 17.7 Å². The maximum absolute atomic E-state index is 12.1. The van der Waals surface area contributed by atoms with Gasteiger partial charge < -0.3 is 10.2 Å². The Morgan fingerprint density at radius 3 is 2.78 bits per heavy atom. The van der Waals surface area contributed by atoms with E-state index in [0.717, 1.165) is 30.5 Å². The van der Waals surface area contributed by atoms with Gasteiger partial charge >= 0.3 is 0 Å². The molecule has 18 heavy (non-hydrogen) atoms. The molecule has 0 spiro atoms. The monoisotopic (exact) mass is 244 g/mol. The van der Waals surface area contributed by atoms with E-state index in [0.29, 0.717) is 12.1 Å². The molecular weight excluding hydrogens is 228 g/mol. The second-order valence-corrected chi connectivity index (χ2v) is 4.90. The van der Waals surface area contributed by atoms with Gasteiger partial charge in [0.05, 0.1) is 0 Å². The van der Waals surface area contributed by atoms with Gasteiger partial charge in [0.15, 0.2) is 0 Å². The molecule has 0 radical (unpaired) electrons. The molecule has 4 heteroatoms. The van der Waals surface area contributed by atoms with Gasteiger partial charge in [-0.3, -0.25) is 9.59 Å². The lowest BCUT2D eigenvalue weighted by molar-refractivity contribution is -0.119. The van der Waals surface area contributed by atoms with Crippen molar-refractivity contribution in [2.24, 2.45) is 5.92 Å². The lowest BCUT2D eigenvalue weighted by atomic mass is 10.0. The third-order valence-electron chi connectivity index (χ3n) is 3.69. The Kier molecular flexibility index (Phi) is 2.58. The normalized spacial score (nSPS) is 17.5. The van der Waals surface area contributed by atoms with Crippen LogP contribution in [0.2, 0.25) is 0 Å². The number of anilines is 1. The van der Waals surface area contributed by atoms with E-state index in [2.05, 4.69) is 5.32 Å². The minimum absolute atomic E-state index is 0.0763. The molecule has 4 nitrogen and oxygen atoms in total. The fourth-order valence-corrected chi connectivity index (χ4v) is 2.56. The summed E-state index contributed by atoms with van der Waals surface area (Å²) in [5.74, 6) is 0.370. The van der Waals surface area contributed by atoms with Crippen molar-refractivity contribution in [2.45, 2.75) is 19.3 Å². The number of benzene rings is 1. The van der Waals surface area contributed by atoms with Crippen LogP contribution in [-0.4, -0.2) is 25.4 Å². The highest BCUT2D eigenvalue weighted by Gasteiger charge is 2.37. The van der Waals surface area contributed by atoms with E-state index in [4.69, 9.17) is 0 Å². The second kappa shape index (κ2) is 4.12. The molecule has 2 aliphatic rings. The van der Waals surface area contributed by atoms with Crippen molar-refractivity contribution in [1.29, 1.82) is 0 Å². The molecular formula is C14H16N2O2. The minimum atomic E-state index is -0.0763. The zero-order valence-electron chi connectivity index (χ0n) is 10.4. The number of carbonyl (C=O) groups is 2. The maximum Gasteiger partial charge on any atom is 0.251 e. The molecule has 1 aliphatic carbocycles. The van der Waals surface area contributed by atoms with Crippen molar-refractivity contribution in [3.05, 3.63) is 29.3 Å². The SMILES string of the molecule is CNC(=O)c1cccc2c1CCN2C(=O)C1CC1. The van der Waals surface area contributed by atoms with Gasteiger partial charge in [-0.2, -0.15) is 0 Å². The standard InChI is InChI=1S/C14H16N2O2/c1-15-13(17)11-3-2-4-12-10(11)7-8-16(12)14(18)9-5-6-9/h2-4,9H,5-8H2,1H3,(H,15,17). The lowest BCUT2D eigenvalue weighted by Crippen LogP contribution is -2.30. The molecule has 1 N–H and O–H groups in total. The van der Waals surface area contributed by atoms with Gasteiger partial charge in [-0.05, 0) is 37.0 Å². The molecule has 2 amide bonds. The summed E-state index contributed by atoms with van der Waals surface area (Å²) < 4.78 is 0. The van der Waals surface area contributed by atoms with Crippen molar-refractivity contribution in [2.75, 3.05) is 18.5 Å². The van der Waals surface area contributed by atoms with Gasteiger partial charge in [-0.1, -0.05) is 6.07 Å². The molecule has 1 saturated carbocycles. The molecule has 0 aromatic heterocycles. The molecule has 3 rings (SSSR count). The number of carbonyl (C=O) groups excluding carboxylic acids is 2. The topological polar surface area (TPSA) is 49.4 Å². The van der Waals surface area contributed by atoms with Crippen LogP contribution in [0.15, 0.2) is 18.2 Å². The van der Waals surface area contributed by atoms with E-state index < -0.39 is 0 Å². The summed E-state index contributed by atoms with van der Waals surface area (Å²) in [7, 11) is 1.63. The van der Waals surface area contributed by atoms with Gasteiger partial charge in [0.2, 0.25) is 5.91 Å². The van der Waals surface area contributed by atoms with Crippen molar-refractivity contribution in [3.8, 4) is 0 Å². The largest absolute Gasteiger partial charge is 0.355 e. The smallest absolute Gasteiger partial charge is 0.251 e. The highest BCUT2D eigenvalue weighted by molar-refractivity contribution is 6.02. The molecule has 1 aromatic carbocycles. The van der Waals surface area contributed by atoms with E-state index in [9.17, 15) is 9.59 Å². The zero-order chi connectivity index (χ0) is 12.7. The fourth-order valence-electron chi connectivity index (χ4n) is 2.56. The van der Waals surface area contributed by atoms with Gasteiger partial charge in [0.25, 0.3) is 5.91 Å². The van der Waals surface area contributed by atoms with Crippen LogP contribution in [0, 0.1) is 5.92 Å². The van der Waals surface area contributed by atoms with Crippen LogP contribution in [0.5, 0.6) is 0 Å². The molecule has 0 saturated heterocycles. The van der Waals surface area contributed by atoms with Crippen LogP contribution >= 0.6 is 0 Å². The molecule has 1 aromatic rings. The van der Waals surface area contributed by atoms with E-state index in [1.54, 1.807) is 7.05 Å². The van der Waals surface area contributed by atoms with Crippen molar-refractivity contribution in [3.63, 3.8) is 0 Å². The summed E-state index contributed by atoms with van der Waals surface area (Å²) in [5.41, 5.74) is 2.62. The maximum atomic E-state index is 12.1.